The van der Waals surface area contributed by atoms with Crippen molar-refractivity contribution >= 4 is 21.4 Å². The Morgan fingerprint density at radius 1 is 1.32 bits per heavy atom. The van der Waals surface area contributed by atoms with Gasteiger partial charge in [-0.15, -0.1) is 0 Å². The van der Waals surface area contributed by atoms with Gasteiger partial charge in [0.15, 0.2) is 0 Å². The van der Waals surface area contributed by atoms with Gasteiger partial charge < -0.3 is 15.8 Å². The van der Waals surface area contributed by atoms with Gasteiger partial charge in [0.25, 0.3) is 0 Å². The second kappa shape index (κ2) is 7.32. The van der Waals surface area contributed by atoms with Gasteiger partial charge in [0.05, 0.1) is 18.0 Å². The minimum atomic E-state index is -3.79. The second-order valence-corrected chi connectivity index (χ2v) is 5.68. The zero-order chi connectivity index (χ0) is 14.3. The molecule has 1 rings (SSSR count). The van der Waals surface area contributed by atoms with Gasteiger partial charge in [-0.25, -0.2) is 13.6 Å². The Balaban J connectivity index is 2.56. The first-order valence-corrected chi connectivity index (χ1v) is 7.74. The standard InChI is InChI=1S/C12H21N3O3S/c1-2-3-8-18-9-7-15-10-5-4-6-11(12(10)13)19(14,16)17/h4-6,15H,2-3,7-9,13H2,1H3,(H2,14,16,17). The molecular weight excluding hydrogens is 266 g/mol. The number of rotatable bonds is 8. The maximum atomic E-state index is 11.3. The summed E-state index contributed by atoms with van der Waals surface area (Å²) in [4.78, 5) is -0.0654. The lowest BCUT2D eigenvalue weighted by Gasteiger charge is -2.12. The summed E-state index contributed by atoms with van der Waals surface area (Å²) in [6, 6.07) is 4.68. The Morgan fingerprint density at radius 2 is 2.05 bits per heavy atom. The molecule has 0 aliphatic carbocycles. The summed E-state index contributed by atoms with van der Waals surface area (Å²) >= 11 is 0. The van der Waals surface area contributed by atoms with Gasteiger partial charge >= 0.3 is 0 Å². The quantitative estimate of drug-likeness (QED) is 0.491. The molecule has 0 heterocycles. The van der Waals surface area contributed by atoms with Crippen LogP contribution in [0.4, 0.5) is 11.4 Å². The van der Waals surface area contributed by atoms with Crippen LogP contribution in [-0.2, 0) is 14.8 Å². The van der Waals surface area contributed by atoms with Crippen LogP contribution < -0.4 is 16.2 Å². The van der Waals surface area contributed by atoms with Crippen LogP contribution in [-0.4, -0.2) is 28.2 Å². The van der Waals surface area contributed by atoms with Crippen molar-refractivity contribution in [1.82, 2.24) is 0 Å². The van der Waals surface area contributed by atoms with Crippen molar-refractivity contribution in [3.63, 3.8) is 0 Å². The van der Waals surface area contributed by atoms with E-state index in [4.69, 9.17) is 15.6 Å². The van der Waals surface area contributed by atoms with Crippen LogP contribution in [0.5, 0.6) is 0 Å². The molecule has 0 saturated carbocycles. The largest absolute Gasteiger partial charge is 0.396 e. The second-order valence-electron chi connectivity index (χ2n) is 4.16. The van der Waals surface area contributed by atoms with Crippen LogP contribution in [0.15, 0.2) is 23.1 Å². The molecule has 6 nitrogen and oxygen atoms in total. The smallest absolute Gasteiger partial charge is 0.240 e. The van der Waals surface area contributed by atoms with Gasteiger partial charge in [-0.05, 0) is 18.6 Å². The Labute approximate surface area is 114 Å². The summed E-state index contributed by atoms with van der Waals surface area (Å²) in [5, 5.41) is 8.11. The molecule has 0 amide bonds. The van der Waals surface area contributed by atoms with Crippen LogP contribution >= 0.6 is 0 Å². The summed E-state index contributed by atoms with van der Waals surface area (Å²) in [5.41, 5.74) is 6.45. The zero-order valence-corrected chi connectivity index (χ0v) is 11.9. The molecule has 108 valence electrons. The van der Waals surface area contributed by atoms with E-state index in [0.29, 0.717) is 18.8 Å². The van der Waals surface area contributed by atoms with Crippen molar-refractivity contribution in [2.75, 3.05) is 30.8 Å². The number of hydrogen-bond acceptors (Lipinski definition) is 5. The molecule has 0 radical (unpaired) electrons. The lowest BCUT2D eigenvalue weighted by Crippen LogP contribution is -2.16. The van der Waals surface area contributed by atoms with Crippen LogP contribution in [0.25, 0.3) is 0 Å². The number of nitrogen functional groups attached to an aromatic ring is 1. The van der Waals surface area contributed by atoms with Crippen molar-refractivity contribution in [2.45, 2.75) is 24.7 Å². The SMILES string of the molecule is CCCCOCCNc1cccc(S(N)(=O)=O)c1N. The van der Waals surface area contributed by atoms with E-state index in [9.17, 15) is 8.42 Å². The highest BCUT2D eigenvalue weighted by molar-refractivity contribution is 7.89. The lowest BCUT2D eigenvalue weighted by molar-refractivity contribution is 0.141. The summed E-state index contributed by atoms with van der Waals surface area (Å²) in [6.45, 7) is 3.92. The molecule has 0 aromatic heterocycles. The molecule has 19 heavy (non-hydrogen) atoms. The molecule has 1 aromatic carbocycles. The molecule has 1 aromatic rings. The third kappa shape index (κ3) is 5.06. The van der Waals surface area contributed by atoms with E-state index in [1.54, 1.807) is 12.1 Å². The summed E-state index contributed by atoms with van der Waals surface area (Å²) < 4.78 is 28.0. The van der Waals surface area contributed by atoms with Crippen LogP contribution in [0.3, 0.4) is 0 Å². The minimum Gasteiger partial charge on any atom is -0.396 e. The van der Waals surface area contributed by atoms with E-state index in [1.165, 1.54) is 6.07 Å². The third-order valence-corrected chi connectivity index (χ3v) is 3.55. The minimum absolute atomic E-state index is 0.0654. The normalized spacial score (nSPS) is 11.5. The fourth-order valence-electron chi connectivity index (χ4n) is 1.55. The Bertz CT molecular complexity index is 503. The maximum absolute atomic E-state index is 11.3. The van der Waals surface area contributed by atoms with E-state index < -0.39 is 10.0 Å². The van der Waals surface area contributed by atoms with Crippen molar-refractivity contribution in [3.05, 3.63) is 18.2 Å². The monoisotopic (exact) mass is 287 g/mol. The van der Waals surface area contributed by atoms with Crippen molar-refractivity contribution in [1.29, 1.82) is 0 Å². The van der Waals surface area contributed by atoms with Crippen molar-refractivity contribution < 1.29 is 13.2 Å². The highest BCUT2D eigenvalue weighted by atomic mass is 32.2. The lowest BCUT2D eigenvalue weighted by atomic mass is 10.2. The maximum Gasteiger partial charge on any atom is 0.240 e. The number of nitrogens with two attached hydrogens (primary N) is 2. The summed E-state index contributed by atoms with van der Waals surface area (Å²) in [5.74, 6) is 0. The van der Waals surface area contributed by atoms with E-state index in [1.807, 2.05) is 0 Å². The zero-order valence-electron chi connectivity index (χ0n) is 11.1. The Morgan fingerprint density at radius 3 is 2.68 bits per heavy atom. The number of sulfonamides is 1. The average Bonchev–Trinajstić information content (AvgIpc) is 2.34. The van der Waals surface area contributed by atoms with Gasteiger partial charge in [0.2, 0.25) is 10.0 Å². The molecule has 7 heteroatoms. The van der Waals surface area contributed by atoms with Gasteiger partial charge in [-0.3, -0.25) is 0 Å². The first-order valence-electron chi connectivity index (χ1n) is 6.19. The van der Waals surface area contributed by atoms with E-state index in [-0.39, 0.29) is 10.6 Å². The Hall–Kier alpha value is -1.31. The number of ether oxygens (including phenoxy) is 1. The third-order valence-electron chi connectivity index (χ3n) is 2.58. The summed E-state index contributed by atoms with van der Waals surface area (Å²) in [6.07, 6.45) is 2.12. The molecule has 0 atom stereocenters. The predicted octanol–water partition coefficient (Wildman–Crippen LogP) is 1.14. The fraction of sp³-hybridized carbons (Fsp3) is 0.500. The molecule has 0 bridgehead atoms. The first-order chi connectivity index (χ1) is 8.96. The molecule has 0 spiro atoms. The van der Waals surface area contributed by atoms with Gasteiger partial charge in [0.1, 0.15) is 4.90 Å². The van der Waals surface area contributed by atoms with Crippen molar-refractivity contribution in [3.8, 4) is 0 Å². The van der Waals surface area contributed by atoms with Crippen LogP contribution in [0.1, 0.15) is 19.8 Å². The molecule has 0 aliphatic heterocycles. The highest BCUT2D eigenvalue weighted by Crippen LogP contribution is 2.25. The number of nitrogens with one attached hydrogen (secondary N) is 1. The van der Waals surface area contributed by atoms with Crippen LogP contribution in [0, 0.1) is 0 Å². The molecule has 0 saturated heterocycles. The number of primary sulfonamides is 1. The predicted molar refractivity (Wildman–Crippen MR) is 76.4 cm³/mol. The summed E-state index contributed by atoms with van der Waals surface area (Å²) in [7, 11) is -3.79. The number of unbranched alkanes of at least 4 members (excludes halogenated alkanes) is 1. The van der Waals surface area contributed by atoms with Crippen molar-refractivity contribution in [2.24, 2.45) is 5.14 Å². The van der Waals surface area contributed by atoms with E-state index >= 15 is 0 Å². The van der Waals surface area contributed by atoms with Gasteiger partial charge in [-0.1, -0.05) is 19.4 Å². The number of anilines is 2. The highest BCUT2D eigenvalue weighted by Gasteiger charge is 2.14. The molecule has 5 N–H and O–H groups in total. The van der Waals surface area contributed by atoms with Crippen LogP contribution in [0.2, 0.25) is 0 Å². The molecule has 0 aliphatic rings. The van der Waals surface area contributed by atoms with Gasteiger partial charge in [0, 0.05) is 13.2 Å². The topological polar surface area (TPSA) is 107 Å². The Kier molecular flexibility index (Phi) is 6.07. The van der Waals surface area contributed by atoms with Gasteiger partial charge in [-0.2, -0.15) is 0 Å². The molecule has 0 unspecified atom stereocenters. The number of para-hydroxylation sites is 1. The first kappa shape index (κ1) is 15.7. The van der Waals surface area contributed by atoms with E-state index in [2.05, 4.69) is 12.2 Å². The molecule has 0 fully saturated rings. The van der Waals surface area contributed by atoms with E-state index in [0.717, 1.165) is 19.4 Å². The molecular formula is C12H21N3O3S. The number of hydrogen-bond donors (Lipinski definition) is 3. The fourth-order valence-corrected chi connectivity index (χ4v) is 2.24. The average molecular weight is 287 g/mol. The number of benzene rings is 1.